The molecule has 0 spiro atoms. The fraction of sp³-hybridized carbons (Fsp3) is 0.368. The van der Waals surface area contributed by atoms with Crippen LogP contribution in [-0.2, 0) is 10.0 Å². The summed E-state index contributed by atoms with van der Waals surface area (Å²) >= 11 is 0. The molecule has 0 radical (unpaired) electrons. The molecule has 4 rings (SSSR count). The van der Waals surface area contributed by atoms with Gasteiger partial charge in [0.2, 0.25) is 16.8 Å². The third kappa shape index (κ3) is 3.50. The maximum absolute atomic E-state index is 12.6. The lowest BCUT2D eigenvalue weighted by Crippen LogP contribution is -2.31. The Labute approximate surface area is 153 Å². The molecule has 0 amide bonds. The van der Waals surface area contributed by atoms with Gasteiger partial charge in [0.05, 0.1) is 4.90 Å². The summed E-state index contributed by atoms with van der Waals surface area (Å²) in [6.07, 6.45) is 0.970. The van der Waals surface area contributed by atoms with E-state index in [9.17, 15) is 8.42 Å². The summed E-state index contributed by atoms with van der Waals surface area (Å²) in [7, 11) is -3.56. The van der Waals surface area contributed by atoms with Crippen molar-refractivity contribution in [3.05, 3.63) is 48.0 Å². The number of anilines is 1. The normalized spacial score (nSPS) is 19.1. The molecule has 1 saturated heterocycles. The van der Waals surface area contributed by atoms with Crippen LogP contribution in [0, 0.1) is 12.8 Å². The second-order valence-corrected chi connectivity index (χ2v) is 8.57. The number of rotatable bonds is 5. The maximum atomic E-state index is 12.6. The molecule has 0 aromatic heterocycles. The first kappa shape index (κ1) is 17.2. The standard InChI is InChI=1S/C19H22N2O4S/c1-14-2-4-16(5-3-14)21-9-8-15(12-21)11-20-26(22,23)17-6-7-18-19(10-17)25-13-24-18/h2-7,10,15,20H,8-9,11-13H2,1H3. The van der Waals surface area contributed by atoms with Gasteiger partial charge in [0.15, 0.2) is 11.5 Å². The lowest BCUT2D eigenvalue weighted by molar-refractivity contribution is 0.174. The van der Waals surface area contributed by atoms with Crippen molar-refractivity contribution in [1.82, 2.24) is 4.72 Å². The Kier molecular flexibility index (Phi) is 4.50. The summed E-state index contributed by atoms with van der Waals surface area (Å²) in [6.45, 7) is 4.43. The first-order chi connectivity index (χ1) is 12.5. The second-order valence-electron chi connectivity index (χ2n) is 6.80. The molecule has 2 aromatic carbocycles. The molecule has 2 aromatic rings. The van der Waals surface area contributed by atoms with Gasteiger partial charge in [-0.3, -0.25) is 0 Å². The average Bonchev–Trinajstić information content (AvgIpc) is 3.29. The van der Waals surface area contributed by atoms with Gasteiger partial charge in [0.25, 0.3) is 0 Å². The zero-order valence-electron chi connectivity index (χ0n) is 14.6. The fourth-order valence-corrected chi connectivity index (χ4v) is 4.48. The van der Waals surface area contributed by atoms with Crippen LogP contribution in [0.5, 0.6) is 11.5 Å². The minimum absolute atomic E-state index is 0.128. The predicted octanol–water partition coefficient (Wildman–Crippen LogP) is 2.53. The van der Waals surface area contributed by atoms with Gasteiger partial charge in [-0.15, -0.1) is 0 Å². The van der Waals surface area contributed by atoms with Gasteiger partial charge in [0.1, 0.15) is 0 Å². The Morgan fingerprint density at radius 3 is 2.69 bits per heavy atom. The maximum Gasteiger partial charge on any atom is 0.240 e. The van der Waals surface area contributed by atoms with E-state index in [-0.39, 0.29) is 11.7 Å². The van der Waals surface area contributed by atoms with Gasteiger partial charge in [-0.1, -0.05) is 17.7 Å². The Bertz CT molecular complexity index is 896. The van der Waals surface area contributed by atoms with Crippen molar-refractivity contribution < 1.29 is 17.9 Å². The number of aryl methyl sites for hydroxylation is 1. The molecule has 1 atom stereocenters. The van der Waals surface area contributed by atoms with Gasteiger partial charge < -0.3 is 14.4 Å². The van der Waals surface area contributed by atoms with Gasteiger partial charge in [-0.2, -0.15) is 0 Å². The number of ether oxygens (including phenoxy) is 2. The number of hydrogen-bond donors (Lipinski definition) is 1. The molecule has 0 aliphatic carbocycles. The Hall–Kier alpha value is -2.25. The summed E-state index contributed by atoms with van der Waals surface area (Å²) in [6, 6.07) is 13.1. The second kappa shape index (κ2) is 6.81. The highest BCUT2D eigenvalue weighted by Gasteiger charge is 2.26. The van der Waals surface area contributed by atoms with Crippen molar-refractivity contribution in [2.24, 2.45) is 5.92 Å². The van der Waals surface area contributed by atoms with Crippen LogP contribution in [0.2, 0.25) is 0 Å². The smallest absolute Gasteiger partial charge is 0.240 e. The van der Waals surface area contributed by atoms with E-state index in [0.29, 0.717) is 24.0 Å². The monoisotopic (exact) mass is 374 g/mol. The molecule has 26 heavy (non-hydrogen) atoms. The minimum Gasteiger partial charge on any atom is -0.454 e. The third-order valence-electron chi connectivity index (χ3n) is 4.90. The number of nitrogens with zero attached hydrogens (tertiary/aromatic N) is 1. The van der Waals surface area contributed by atoms with E-state index >= 15 is 0 Å². The largest absolute Gasteiger partial charge is 0.454 e. The molecule has 1 N–H and O–H groups in total. The molecular weight excluding hydrogens is 352 g/mol. The lowest BCUT2D eigenvalue weighted by atomic mass is 10.1. The van der Waals surface area contributed by atoms with E-state index in [1.165, 1.54) is 17.3 Å². The van der Waals surface area contributed by atoms with Crippen LogP contribution in [0.3, 0.4) is 0 Å². The first-order valence-corrected chi connectivity index (χ1v) is 10.2. The highest BCUT2D eigenvalue weighted by Crippen LogP contribution is 2.33. The van der Waals surface area contributed by atoms with Crippen LogP contribution in [-0.4, -0.2) is 34.8 Å². The zero-order valence-corrected chi connectivity index (χ0v) is 15.5. The summed E-state index contributed by atoms with van der Waals surface area (Å²) in [5.41, 5.74) is 2.43. The number of sulfonamides is 1. The molecule has 1 fully saturated rings. The Balaban J connectivity index is 1.37. The molecule has 2 heterocycles. The van der Waals surface area contributed by atoms with Crippen molar-refractivity contribution in [3.63, 3.8) is 0 Å². The summed E-state index contributed by atoms with van der Waals surface area (Å²) in [4.78, 5) is 2.51. The van der Waals surface area contributed by atoms with E-state index in [4.69, 9.17) is 9.47 Å². The molecule has 0 bridgehead atoms. The number of benzene rings is 2. The quantitative estimate of drug-likeness (QED) is 0.871. The zero-order chi connectivity index (χ0) is 18.1. The van der Waals surface area contributed by atoms with Crippen molar-refractivity contribution in [1.29, 1.82) is 0 Å². The van der Waals surface area contributed by atoms with E-state index in [1.807, 2.05) is 0 Å². The van der Waals surface area contributed by atoms with Crippen molar-refractivity contribution in [2.75, 3.05) is 31.3 Å². The van der Waals surface area contributed by atoms with Crippen LogP contribution in [0.4, 0.5) is 5.69 Å². The molecule has 2 aliphatic heterocycles. The number of fused-ring (bicyclic) bond motifs is 1. The molecule has 2 aliphatic rings. The van der Waals surface area contributed by atoms with E-state index in [2.05, 4.69) is 40.8 Å². The molecule has 0 saturated carbocycles. The van der Waals surface area contributed by atoms with Crippen molar-refractivity contribution in [2.45, 2.75) is 18.2 Å². The van der Waals surface area contributed by atoms with E-state index in [1.54, 1.807) is 12.1 Å². The molecule has 6 nitrogen and oxygen atoms in total. The van der Waals surface area contributed by atoms with Crippen molar-refractivity contribution >= 4 is 15.7 Å². The molecule has 1 unspecified atom stereocenters. The highest BCUT2D eigenvalue weighted by atomic mass is 32.2. The summed E-state index contributed by atoms with van der Waals surface area (Å²) < 4.78 is 38.3. The van der Waals surface area contributed by atoms with Gasteiger partial charge in [0, 0.05) is 31.4 Å². The van der Waals surface area contributed by atoms with Crippen LogP contribution < -0.4 is 19.1 Å². The van der Waals surface area contributed by atoms with Crippen LogP contribution in [0.25, 0.3) is 0 Å². The minimum atomic E-state index is -3.56. The van der Waals surface area contributed by atoms with Gasteiger partial charge in [-0.25, -0.2) is 13.1 Å². The van der Waals surface area contributed by atoms with E-state index < -0.39 is 10.0 Å². The summed E-state index contributed by atoms with van der Waals surface area (Å²) in [5, 5.41) is 0. The third-order valence-corrected chi connectivity index (χ3v) is 6.32. The van der Waals surface area contributed by atoms with Crippen LogP contribution in [0.15, 0.2) is 47.4 Å². The topological polar surface area (TPSA) is 67.9 Å². The lowest BCUT2D eigenvalue weighted by Gasteiger charge is -2.19. The Morgan fingerprint density at radius 1 is 1.12 bits per heavy atom. The number of nitrogens with one attached hydrogen (secondary N) is 1. The first-order valence-electron chi connectivity index (χ1n) is 8.72. The average molecular weight is 374 g/mol. The Morgan fingerprint density at radius 2 is 1.88 bits per heavy atom. The molecule has 138 valence electrons. The van der Waals surface area contributed by atoms with Gasteiger partial charge in [-0.05, 0) is 43.5 Å². The fourth-order valence-electron chi connectivity index (χ4n) is 3.34. The SMILES string of the molecule is Cc1ccc(N2CCC(CNS(=O)(=O)c3ccc4c(c3)OCO4)C2)cc1. The van der Waals surface area contributed by atoms with Crippen LogP contribution in [0.1, 0.15) is 12.0 Å². The number of hydrogen-bond acceptors (Lipinski definition) is 5. The van der Waals surface area contributed by atoms with Gasteiger partial charge >= 0.3 is 0 Å². The molecular formula is C19H22N2O4S. The van der Waals surface area contributed by atoms with Crippen molar-refractivity contribution in [3.8, 4) is 11.5 Å². The van der Waals surface area contributed by atoms with Crippen LogP contribution >= 0.6 is 0 Å². The van der Waals surface area contributed by atoms with E-state index in [0.717, 1.165) is 19.5 Å². The summed E-state index contributed by atoms with van der Waals surface area (Å²) in [5.74, 6) is 1.34. The molecule has 7 heteroatoms. The predicted molar refractivity (Wildman–Crippen MR) is 99.3 cm³/mol. The highest BCUT2D eigenvalue weighted by molar-refractivity contribution is 7.89.